The molecule has 0 saturated heterocycles. The number of rotatable bonds is 13. The Bertz CT molecular complexity index is 1220. The summed E-state index contributed by atoms with van der Waals surface area (Å²) in [5.41, 5.74) is 3.01. The molecule has 1 aromatic heterocycles. The van der Waals surface area contributed by atoms with E-state index in [1.54, 1.807) is 17.7 Å². The maximum atomic E-state index is 13.8. The molecule has 1 heterocycles. The van der Waals surface area contributed by atoms with Gasteiger partial charge in [-0.2, -0.15) is 0 Å². The van der Waals surface area contributed by atoms with Crippen molar-refractivity contribution in [3.63, 3.8) is 0 Å². The van der Waals surface area contributed by atoms with E-state index < -0.39 is 0 Å². The molecule has 1 N–H and O–H groups in total. The Kier molecular flexibility index (Phi) is 10.3. The van der Waals surface area contributed by atoms with Gasteiger partial charge >= 0.3 is 0 Å². The molecule has 0 radical (unpaired) electrons. The van der Waals surface area contributed by atoms with Crippen molar-refractivity contribution < 1.29 is 14.6 Å². The summed E-state index contributed by atoms with van der Waals surface area (Å²) >= 11 is 0. The predicted octanol–water partition coefficient (Wildman–Crippen LogP) is 4.92. The van der Waals surface area contributed by atoms with Crippen molar-refractivity contribution in [2.75, 3.05) is 26.8 Å². The molecular weight excluding hydrogens is 466 g/mol. The zero-order valence-corrected chi connectivity index (χ0v) is 22.9. The summed E-state index contributed by atoms with van der Waals surface area (Å²) in [5.74, 6) is 1.50. The van der Waals surface area contributed by atoms with Gasteiger partial charge in [0, 0.05) is 31.3 Å². The highest BCUT2D eigenvalue weighted by atomic mass is 16.5. The zero-order chi connectivity index (χ0) is 26.9. The Hall–Kier alpha value is -3.19. The third-order valence-electron chi connectivity index (χ3n) is 6.60. The molecular formula is C30H41N3O4. The Morgan fingerprint density at radius 1 is 1.03 bits per heavy atom. The zero-order valence-electron chi connectivity index (χ0n) is 22.9. The third-order valence-corrected chi connectivity index (χ3v) is 6.60. The molecule has 2 aromatic carbocycles. The van der Waals surface area contributed by atoms with Gasteiger partial charge in [0.2, 0.25) is 5.91 Å². The number of aromatic nitrogens is 2. The molecule has 0 fully saturated rings. The lowest BCUT2D eigenvalue weighted by molar-refractivity contribution is -0.132. The molecule has 200 valence electrons. The molecule has 7 nitrogen and oxygen atoms in total. The van der Waals surface area contributed by atoms with E-state index in [0.717, 1.165) is 24.8 Å². The number of carbonyl (C=O) groups is 1. The van der Waals surface area contributed by atoms with Crippen LogP contribution in [-0.4, -0.2) is 52.3 Å². The van der Waals surface area contributed by atoms with Crippen LogP contribution in [0.15, 0.2) is 47.3 Å². The summed E-state index contributed by atoms with van der Waals surface area (Å²) in [4.78, 5) is 33.9. The van der Waals surface area contributed by atoms with Crippen LogP contribution >= 0.6 is 0 Å². The lowest BCUT2D eigenvalue weighted by Crippen LogP contribution is -2.39. The second-order valence-electron chi connectivity index (χ2n) is 10.5. The van der Waals surface area contributed by atoms with Crippen molar-refractivity contribution in [2.45, 2.75) is 59.9 Å². The van der Waals surface area contributed by atoms with Crippen LogP contribution in [0, 0.1) is 11.8 Å². The highest BCUT2D eigenvalue weighted by molar-refractivity contribution is 5.83. The standard InChI is InChI=1S/C30H41N3O4/c1-21(2)14-16-32(17-15-22(3)4)28(35)20-33-27-19-25(37-5)12-13-26(27)31-29(30(33)36)24-10-8-23(9-11-24)7-6-18-34/h8-13,19,21-22,34H,6-7,14-18,20H2,1-5H3. The third kappa shape index (κ3) is 7.65. The van der Waals surface area contributed by atoms with Gasteiger partial charge in [-0.3, -0.25) is 14.2 Å². The monoisotopic (exact) mass is 507 g/mol. The van der Waals surface area contributed by atoms with Crippen molar-refractivity contribution in [3.05, 3.63) is 58.4 Å². The Balaban J connectivity index is 2.03. The summed E-state index contributed by atoms with van der Waals surface area (Å²) in [6.45, 7) is 10.0. The summed E-state index contributed by atoms with van der Waals surface area (Å²) in [7, 11) is 1.58. The second-order valence-corrected chi connectivity index (χ2v) is 10.5. The molecule has 1 amide bonds. The summed E-state index contributed by atoms with van der Waals surface area (Å²) < 4.78 is 6.94. The molecule has 0 aliphatic heterocycles. The molecule has 0 atom stereocenters. The summed E-state index contributed by atoms with van der Waals surface area (Å²) in [6, 6.07) is 13.1. The number of hydrogen-bond donors (Lipinski definition) is 1. The van der Waals surface area contributed by atoms with Crippen LogP contribution in [0.5, 0.6) is 5.75 Å². The molecule has 0 aliphatic rings. The fourth-order valence-corrected chi connectivity index (χ4v) is 4.23. The van der Waals surface area contributed by atoms with Crippen molar-refractivity contribution in [1.82, 2.24) is 14.5 Å². The van der Waals surface area contributed by atoms with Crippen molar-refractivity contribution in [3.8, 4) is 17.0 Å². The number of benzene rings is 2. The van der Waals surface area contributed by atoms with Crippen molar-refractivity contribution in [1.29, 1.82) is 0 Å². The fraction of sp³-hybridized carbons (Fsp3) is 0.500. The smallest absolute Gasteiger partial charge is 0.278 e. The van der Waals surface area contributed by atoms with E-state index in [2.05, 4.69) is 27.7 Å². The predicted molar refractivity (Wildman–Crippen MR) is 149 cm³/mol. The first-order chi connectivity index (χ1) is 17.7. The number of nitrogens with zero attached hydrogens (tertiary/aromatic N) is 3. The number of amides is 1. The fourth-order valence-electron chi connectivity index (χ4n) is 4.23. The van der Waals surface area contributed by atoms with Gasteiger partial charge in [0.1, 0.15) is 18.0 Å². The second kappa shape index (κ2) is 13.4. The van der Waals surface area contributed by atoms with Crippen LogP contribution in [-0.2, 0) is 17.8 Å². The van der Waals surface area contributed by atoms with Crippen LogP contribution < -0.4 is 10.3 Å². The highest BCUT2D eigenvalue weighted by Crippen LogP contribution is 2.23. The lowest BCUT2D eigenvalue weighted by atomic mass is 10.1. The van der Waals surface area contributed by atoms with Gasteiger partial charge < -0.3 is 14.7 Å². The lowest BCUT2D eigenvalue weighted by Gasteiger charge is -2.25. The number of methoxy groups -OCH3 is 1. The van der Waals surface area contributed by atoms with Gasteiger partial charge in [-0.1, -0.05) is 52.0 Å². The van der Waals surface area contributed by atoms with Crippen molar-refractivity contribution in [2.24, 2.45) is 11.8 Å². The largest absolute Gasteiger partial charge is 0.497 e. The number of carbonyl (C=O) groups excluding carboxylic acids is 1. The van der Waals surface area contributed by atoms with Crippen LogP contribution in [0.4, 0.5) is 0 Å². The van der Waals surface area contributed by atoms with E-state index in [1.165, 1.54) is 0 Å². The van der Waals surface area contributed by atoms with Crippen LogP contribution in [0.2, 0.25) is 0 Å². The van der Waals surface area contributed by atoms with Gasteiger partial charge in [-0.25, -0.2) is 4.98 Å². The quantitative estimate of drug-likeness (QED) is 0.355. The van der Waals surface area contributed by atoms with Gasteiger partial charge in [-0.05, 0) is 55.2 Å². The van der Waals surface area contributed by atoms with E-state index in [0.29, 0.717) is 59.4 Å². The summed E-state index contributed by atoms with van der Waals surface area (Å²) in [6.07, 6.45) is 3.28. The Morgan fingerprint density at radius 3 is 2.24 bits per heavy atom. The van der Waals surface area contributed by atoms with Gasteiger partial charge in [0.05, 0.1) is 18.1 Å². The maximum Gasteiger partial charge on any atom is 0.278 e. The normalized spacial score (nSPS) is 11.5. The number of aryl methyl sites for hydroxylation is 1. The molecule has 0 spiro atoms. The molecule has 0 unspecified atom stereocenters. The van der Waals surface area contributed by atoms with Crippen LogP contribution in [0.3, 0.4) is 0 Å². The number of hydrogen-bond acceptors (Lipinski definition) is 5. The number of fused-ring (bicyclic) bond motifs is 1. The van der Waals surface area contributed by atoms with E-state index in [4.69, 9.17) is 14.8 Å². The van der Waals surface area contributed by atoms with E-state index in [-0.39, 0.29) is 24.6 Å². The maximum absolute atomic E-state index is 13.8. The molecule has 3 rings (SSSR count). The average Bonchev–Trinajstić information content (AvgIpc) is 2.88. The average molecular weight is 508 g/mol. The molecule has 37 heavy (non-hydrogen) atoms. The minimum Gasteiger partial charge on any atom is -0.497 e. The minimum absolute atomic E-state index is 0.0528. The van der Waals surface area contributed by atoms with Gasteiger partial charge in [-0.15, -0.1) is 0 Å². The first kappa shape index (κ1) is 28.4. The molecule has 0 saturated carbocycles. The first-order valence-electron chi connectivity index (χ1n) is 13.3. The Labute approximate surface area is 220 Å². The summed E-state index contributed by atoms with van der Waals surface area (Å²) in [5, 5.41) is 9.10. The van der Waals surface area contributed by atoms with Crippen LogP contribution in [0.1, 0.15) is 52.5 Å². The van der Waals surface area contributed by atoms with Gasteiger partial charge in [0.15, 0.2) is 0 Å². The Morgan fingerprint density at radius 2 is 1.68 bits per heavy atom. The van der Waals surface area contributed by atoms with Gasteiger partial charge in [0.25, 0.3) is 5.56 Å². The van der Waals surface area contributed by atoms with Crippen molar-refractivity contribution >= 4 is 16.9 Å². The number of ether oxygens (including phenoxy) is 1. The SMILES string of the molecule is COc1ccc2nc(-c3ccc(CCCO)cc3)c(=O)n(CC(=O)N(CCC(C)C)CCC(C)C)c2c1. The van der Waals surface area contributed by atoms with E-state index >= 15 is 0 Å². The first-order valence-corrected chi connectivity index (χ1v) is 13.3. The van der Waals surface area contributed by atoms with Crippen LogP contribution in [0.25, 0.3) is 22.3 Å². The molecule has 3 aromatic rings. The number of aliphatic hydroxyl groups is 1. The minimum atomic E-state index is -0.301. The van der Waals surface area contributed by atoms with E-state index in [1.807, 2.05) is 41.3 Å². The highest BCUT2D eigenvalue weighted by Gasteiger charge is 2.20. The van der Waals surface area contributed by atoms with E-state index in [9.17, 15) is 9.59 Å². The number of aliphatic hydroxyl groups excluding tert-OH is 1. The molecule has 0 aliphatic carbocycles. The molecule has 7 heteroatoms. The molecule has 0 bridgehead atoms. The topological polar surface area (TPSA) is 84.7 Å².